The maximum atomic E-state index is 6.10. The van der Waals surface area contributed by atoms with E-state index in [-0.39, 0.29) is 0 Å². The molecule has 1 aliphatic heterocycles. The van der Waals surface area contributed by atoms with Crippen LogP contribution in [0, 0.1) is 5.92 Å². The molecule has 2 nitrogen and oxygen atoms in total. The lowest BCUT2D eigenvalue weighted by molar-refractivity contribution is 0.663. The van der Waals surface area contributed by atoms with Gasteiger partial charge < -0.3 is 11.1 Å². The second-order valence-corrected chi connectivity index (χ2v) is 5.27. The molecule has 1 aliphatic rings. The highest BCUT2D eigenvalue weighted by molar-refractivity contribution is 7.99. The topological polar surface area (TPSA) is 38.0 Å². The molecule has 0 radical (unpaired) electrons. The average molecular weight is 243 g/mol. The van der Waals surface area contributed by atoms with Gasteiger partial charge >= 0.3 is 0 Å². The predicted molar refractivity (Wildman–Crippen MR) is 67.6 cm³/mol. The smallest absolute Gasteiger partial charge is 0.0562 e. The Morgan fingerprint density at radius 3 is 3.07 bits per heavy atom. The highest BCUT2D eigenvalue weighted by Crippen LogP contribution is 2.34. The van der Waals surface area contributed by atoms with Crippen LogP contribution in [0.4, 0.5) is 5.69 Å². The molecule has 82 valence electrons. The molecule has 1 aromatic rings. The fourth-order valence-corrected chi connectivity index (χ4v) is 3.21. The number of nitrogens with one attached hydrogen (secondary N) is 1. The van der Waals surface area contributed by atoms with Crippen molar-refractivity contribution in [2.45, 2.75) is 11.3 Å². The average Bonchev–Trinajstić information content (AvgIpc) is 2.70. The molecule has 1 unspecified atom stereocenters. The maximum Gasteiger partial charge on any atom is 0.0562 e. The molecule has 1 saturated heterocycles. The van der Waals surface area contributed by atoms with Crippen molar-refractivity contribution in [3.05, 3.63) is 23.2 Å². The van der Waals surface area contributed by atoms with Gasteiger partial charge in [-0.05, 0) is 37.6 Å². The zero-order chi connectivity index (χ0) is 10.7. The van der Waals surface area contributed by atoms with E-state index in [2.05, 4.69) is 5.32 Å². The minimum absolute atomic E-state index is 0.755. The Bertz CT molecular complexity index is 317. The molecule has 0 bridgehead atoms. The number of hydrogen-bond donors (Lipinski definition) is 2. The molecule has 0 saturated carbocycles. The summed E-state index contributed by atoms with van der Waals surface area (Å²) >= 11 is 7.87. The van der Waals surface area contributed by atoms with Crippen LogP contribution in [0.3, 0.4) is 0 Å². The van der Waals surface area contributed by atoms with Crippen molar-refractivity contribution in [3.63, 3.8) is 0 Å². The quantitative estimate of drug-likeness (QED) is 0.632. The number of hydrogen-bond acceptors (Lipinski definition) is 3. The largest absolute Gasteiger partial charge is 0.398 e. The molecular formula is C11H15ClN2S. The molecule has 0 amide bonds. The van der Waals surface area contributed by atoms with Crippen molar-refractivity contribution in [2.24, 2.45) is 5.92 Å². The summed E-state index contributed by atoms with van der Waals surface area (Å²) in [5.74, 6) is 1.85. The summed E-state index contributed by atoms with van der Waals surface area (Å²) in [6.07, 6.45) is 1.26. The third-order valence-corrected chi connectivity index (χ3v) is 4.43. The molecule has 0 spiro atoms. The molecule has 2 rings (SSSR count). The van der Waals surface area contributed by atoms with E-state index in [4.69, 9.17) is 17.3 Å². The Labute approximate surface area is 99.6 Å². The summed E-state index contributed by atoms with van der Waals surface area (Å²) in [6.45, 7) is 2.26. The van der Waals surface area contributed by atoms with E-state index >= 15 is 0 Å². The third kappa shape index (κ3) is 2.80. The number of anilines is 1. The zero-order valence-corrected chi connectivity index (χ0v) is 10.1. The first-order valence-electron chi connectivity index (χ1n) is 5.15. The van der Waals surface area contributed by atoms with Gasteiger partial charge in [0.25, 0.3) is 0 Å². The molecule has 0 aliphatic carbocycles. The van der Waals surface area contributed by atoms with Gasteiger partial charge in [-0.25, -0.2) is 0 Å². The van der Waals surface area contributed by atoms with Crippen LogP contribution in [0.15, 0.2) is 23.1 Å². The van der Waals surface area contributed by atoms with Gasteiger partial charge in [0.15, 0.2) is 0 Å². The summed E-state index contributed by atoms with van der Waals surface area (Å²) in [7, 11) is 0. The Morgan fingerprint density at radius 2 is 2.40 bits per heavy atom. The van der Waals surface area contributed by atoms with Crippen LogP contribution >= 0.6 is 23.4 Å². The maximum absolute atomic E-state index is 6.10. The van der Waals surface area contributed by atoms with E-state index < -0.39 is 0 Å². The van der Waals surface area contributed by atoms with Gasteiger partial charge in [-0.2, -0.15) is 0 Å². The summed E-state index contributed by atoms with van der Waals surface area (Å²) in [4.78, 5) is 1.03. The predicted octanol–water partition coefficient (Wildman–Crippen LogP) is 2.62. The summed E-state index contributed by atoms with van der Waals surface area (Å²) in [5, 5.41) is 4.13. The lowest BCUT2D eigenvalue weighted by Gasteiger charge is -2.10. The van der Waals surface area contributed by atoms with E-state index in [9.17, 15) is 0 Å². The molecule has 0 aromatic heterocycles. The van der Waals surface area contributed by atoms with Gasteiger partial charge in [-0.3, -0.25) is 0 Å². The highest BCUT2D eigenvalue weighted by atomic mass is 35.5. The van der Waals surface area contributed by atoms with Crippen LogP contribution in [0.5, 0.6) is 0 Å². The second kappa shape index (κ2) is 5.10. The molecule has 4 heteroatoms. The second-order valence-electron chi connectivity index (χ2n) is 3.83. The van der Waals surface area contributed by atoms with Gasteiger partial charge in [0.2, 0.25) is 0 Å². The fourth-order valence-electron chi connectivity index (χ4n) is 1.74. The zero-order valence-electron chi connectivity index (χ0n) is 8.50. The number of thioether (sulfide) groups is 1. The van der Waals surface area contributed by atoms with Gasteiger partial charge in [0, 0.05) is 16.3 Å². The first-order valence-corrected chi connectivity index (χ1v) is 6.51. The fraction of sp³-hybridized carbons (Fsp3) is 0.455. The first-order chi connectivity index (χ1) is 7.27. The van der Waals surface area contributed by atoms with Crippen molar-refractivity contribution in [1.82, 2.24) is 5.32 Å². The Hall–Kier alpha value is -0.380. The number of nitrogen functional groups attached to an aromatic ring is 1. The molecule has 1 aromatic carbocycles. The van der Waals surface area contributed by atoms with Gasteiger partial charge in [-0.1, -0.05) is 17.7 Å². The Morgan fingerprint density at radius 1 is 1.53 bits per heavy atom. The minimum atomic E-state index is 0.755. The van der Waals surface area contributed by atoms with E-state index in [1.807, 2.05) is 18.2 Å². The van der Waals surface area contributed by atoms with Crippen molar-refractivity contribution >= 4 is 29.1 Å². The monoisotopic (exact) mass is 242 g/mol. The number of benzene rings is 1. The van der Waals surface area contributed by atoms with Gasteiger partial charge in [0.05, 0.1) is 5.02 Å². The van der Waals surface area contributed by atoms with Crippen molar-refractivity contribution < 1.29 is 0 Å². The van der Waals surface area contributed by atoms with Crippen LogP contribution in [0.25, 0.3) is 0 Å². The molecule has 1 heterocycles. The summed E-state index contributed by atoms with van der Waals surface area (Å²) < 4.78 is 0. The van der Waals surface area contributed by atoms with E-state index in [0.29, 0.717) is 0 Å². The lowest BCUT2D eigenvalue weighted by Crippen LogP contribution is -2.10. The van der Waals surface area contributed by atoms with Gasteiger partial charge in [-0.15, -0.1) is 11.8 Å². The molecule has 1 fully saturated rings. The van der Waals surface area contributed by atoms with Crippen molar-refractivity contribution in [3.8, 4) is 0 Å². The lowest BCUT2D eigenvalue weighted by atomic mass is 10.2. The first kappa shape index (κ1) is 11.1. The normalized spacial score (nSPS) is 20.7. The number of halogens is 1. The SMILES string of the molecule is Nc1cccc(Cl)c1SCC1CCNC1. The van der Waals surface area contributed by atoms with Crippen LogP contribution in [0.1, 0.15) is 6.42 Å². The molecule has 1 atom stereocenters. The van der Waals surface area contributed by atoms with Crippen LogP contribution in [0.2, 0.25) is 5.02 Å². The molecule has 3 N–H and O–H groups in total. The number of rotatable bonds is 3. The Kier molecular flexibility index (Phi) is 3.78. The summed E-state index contributed by atoms with van der Waals surface area (Å²) in [5.41, 5.74) is 6.68. The molecule has 15 heavy (non-hydrogen) atoms. The van der Waals surface area contributed by atoms with E-state index in [0.717, 1.165) is 40.4 Å². The third-order valence-electron chi connectivity index (χ3n) is 2.62. The number of nitrogens with two attached hydrogens (primary N) is 1. The highest BCUT2D eigenvalue weighted by Gasteiger charge is 2.15. The van der Waals surface area contributed by atoms with Crippen molar-refractivity contribution in [1.29, 1.82) is 0 Å². The van der Waals surface area contributed by atoms with Crippen LogP contribution in [-0.2, 0) is 0 Å². The minimum Gasteiger partial charge on any atom is -0.398 e. The van der Waals surface area contributed by atoms with E-state index in [1.165, 1.54) is 6.42 Å². The van der Waals surface area contributed by atoms with Crippen LogP contribution in [-0.4, -0.2) is 18.8 Å². The standard InChI is InChI=1S/C11H15ClN2S/c12-9-2-1-3-10(13)11(9)15-7-8-4-5-14-6-8/h1-3,8,14H,4-7,13H2. The van der Waals surface area contributed by atoms with Gasteiger partial charge in [0.1, 0.15) is 0 Å². The van der Waals surface area contributed by atoms with E-state index in [1.54, 1.807) is 11.8 Å². The summed E-state index contributed by atoms with van der Waals surface area (Å²) in [6, 6.07) is 5.69. The van der Waals surface area contributed by atoms with Crippen molar-refractivity contribution in [2.75, 3.05) is 24.6 Å². The molecular weight excluding hydrogens is 228 g/mol. The van der Waals surface area contributed by atoms with Crippen LogP contribution < -0.4 is 11.1 Å². The Balaban J connectivity index is 1.97.